The van der Waals surface area contributed by atoms with Crippen molar-refractivity contribution in [3.05, 3.63) is 46.2 Å². The topological polar surface area (TPSA) is 59.5 Å². The fraction of sp³-hybridized carbons (Fsp3) is 0.450. The minimum absolute atomic E-state index is 0.214. The maximum absolute atomic E-state index is 13.4. The molecule has 0 radical (unpaired) electrons. The first-order chi connectivity index (χ1) is 13.3. The number of amides is 3. The van der Waals surface area contributed by atoms with Crippen LogP contribution in [0.2, 0.25) is 5.02 Å². The van der Waals surface area contributed by atoms with Crippen molar-refractivity contribution in [3.8, 4) is 0 Å². The Morgan fingerprint density at radius 3 is 2.39 bits per heavy atom. The Morgan fingerprint density at radius 2 is 1.75 bits per heavy atom. The molecule has 148 valence electrons. The molecule has 28 heavy (non-hydrogen) atoms. The zero-order valence-electron chi connectivity index (χ0n) is 16.5. The van der Waals surface area contributed by atoms with E-state index in [4.69, 9.17) is 16.6 Å². The second-order valence-electron chi connectivity index (χ2n) is 7.42. The van der Waals surface area contributed by atoms with E-state index < -0.39 is 12.2 Å². The number of aliphatic imine (C=N–C) groups is 1. The van der Waals surface area contributed by atoms with E-state index in [1.165, 1.54) is 4.90 Å². The number of allylic oxidation sites excluding steroid dienone is 2. The van der Waals surface area contributed by atoms with E-state index in [1.807, 2.05) is 24.0 Å². The summed E-state index contributed by atoms with van der Waals surface area (Å²) in [6, 6.07) is 6.34. The summed E-state index contributed by atoms with van der Waals surface area (Å²) in [5.41, 5.74) is 2.98. The molecule has 3 amide bonds. The summed E-state index contributed by atoms with van der Waals surface area (Å²) >= 11 is 5.95. The van der Waals surface area contributed by atoms with E-state index in [0.29, 0.717) is 5.02 Å². The van der Waals surface area contributed by atoms with Crippen molar-refractivity contribution >= 4 is 29.5 Å². The summed E-state index contributed by atoms with van der Waals surface area (Å²) in [7, 11) is 1.71. The highest BCUT2D eigenvalue weighted by atomic mass is 35.5. The van der Waals surface area contributed by atoms with Crippen molar-refractivity contribution < 1.29 is 9.59 Å². The molecule has 1 fully saturated rings. The van der Waals surface area contributed by atoms with Gasteiger partial charge in [-0.1, -0.05) is 30.7 Å². The quantitative estimate of drug-likeness (QED) is 0.777. The van der Waals surface area contributed by atoms with Crippen molar-refractivity contribution in [2.75, 3.05) is 13.6 Å². The molecule has 2 atom stereocenters. The molecule has 1 aromatic carbocycles. The third-order valence-corrected chi connectivity index (χ3v) is 5.96. The Hall–Kier alpha value is -2.54. The maximum atomic E-state index is 13.4. The van der Waals surface area contributed by atoms with E-state index in [0.717, 1.165) is 35.9 Å². The van der Waals surface area contributed by atoms with Crippen LogP contribution in [0.1, 0.15) is 32.8 Å². The Labute approximate surface area is 169 Å². The third kappa shape index (κ3) is 2.68. The molecule has 0 bridgehead atoms. The first kappa shape index (κ1) is 18.8. The van der Waals surface area contributed by atoms with Crippen molar-refractivity contribution in [1.82, 2.24) is 19.6 Å². The minimum Gasteiger partial charge on any atom is -0.315 e. The van der Waals surface area contributed by atoms with Gasteiger partial charge in [0.1, 0.15) is 0 Å². The van der Waals surface area contributed by atoms with Crippen LogP contribution in [0.3, 0.4) is 0 Å². The number of hydrogen-bond donors (Lipinski definition) is 0. The van der Waals surface area contributed by atoms with Crippen LogP contribution < -0.4 is 0 Å². The van der Waals surface area contributed by atoms with Crippen molar-refractivity contribution in [2.24, 2.45) is 4.99 Å². The van der Waals surface area contributed by atoms with Crippen molar-refractivity contribution in [3.63, 3.8) is 0 Å². The second-order valence-corrected chi connectivity index (χ2v) is 7.86. The summed E-state index contributed by atoms with van der Waals surface area (Å²) in [4.78, 5) is 38.1. The molecule has 4 rings (SSSR count). The fourth-order valence-electron chi connectivity index (χ4n) is 4.09. The lowest BCUT2D eigenvalue weighted by molar-refractivity contribution is -0.137. The largest absolute Gasteiger partial charge is 0.328 e. The number of hydrogen-bond acceptors (Lipinski definition) is 5. The van der Waals surface area contributed by atoms with Crippen LogP contribution in [-0.2, 0) is 11.3 Å². The number of carbonyl (C=O) groups is 2. The highest BCUT2D eigenvalue weighted by Gasteiger charge is 2.55. The number of rotatable bonds is 4. The zero-order valence-corrected chi connectivity index (χ0v) is 17.3. The van der Waals surface area contributed by atoms with E-state index in [-0.39, 0.29) is 18.5 Å². The summed E-state index contributed by atoms with van der Waals surface area (Å²) < 4.78 is 0. The number of carbonyl (C=O) groups excluding carboxylic acids is 2. The molecule has 0 aliphatic carbocycles. The Kier molecular flexibility index (Phi) is 4.57. The molecular weight excluding hydrogens is 378 g/mol. The third-order valence-electron chi connectivity index (χ3n) is 5.70. The van der Waals surface area contributed by atoms with Crippen molar-refractivity contribution in [2.45, 2.75) is 45.9 Å². The highest BCUT2D eigenvalue weighted by Crippen LogP contribution is 2.38. The van der Waals surface area contributed by atoms with E-state index >= 15 is 0 Å². The number of likely N-dealkylation sites (N-methyl/N-ethyl adjacent to an activating group) is 1. The number of imide groups is 1. The van der Waals surface area contributed by atoms with Gasteiger partial charge in [-0.05, 0) is 38.0 Å². The van der Waals surface area contributed by atoms with E-state index in [9.17, 15) is 9.59 Å². The average molecular weight is 402 g/mol. The number of urea groups is 1. The number of guanidine groups is 1. The van der Waals surface area contributed by atoms with Crippen LogP contribution in [0.15, 0.2) is 40.7 Å². The smallest absolute Gasteiger partial charge is 0.315 e. The molecule has 1 aromatic rings. The van der Waals surface area contributed by atoms with Gasteiger partial charge in [-0.15, -0.1) is 0 Å². The van der Waals surface area contributed by atoms with Gasteiger partial charge in [0.2, 0.25) is 5.96 Å². The lowest BCUT2D eigenvalue weighted by Crippen LogP contribution is -2.64. The molecule has 0 aromatic heterocycles. The van der Waals surface area contributed by atoms with Gasteiger partial charge in [-0.3, -0.25) is 14.6 Å². The summed E-state index contributed by atoms with van der Waals surface area (Å²) in [6.07, 6.45) is 0.469. The molecule has 3 aliphatic rings. The van der Waals surface area contributed by atoms with Gasteiger partial charge in [0.25, 0.3) is 5.91 Å². The maximum Gasteiger partial charge on any atom is 0.328 e. The van der Waals surface area contributed by atoms with Crippen LogP contribution in [0.5, 0.6) is 0 Å². The van der Waals surface area contributed by atoms with Gasteiger partial charge in [0, 0.05) is 30.0 Å². The average Bonchev–Trinajstić information content (AvgIpc) is 3.17. The zero-order chi connectivity index (χ0) is 20.2. The van der Waals surface area contributed by atoms with Gasteiger partial charge in [-0.25, -0.2) is 9.79 Å². The second kappa shape index (κ2) is 6.81. The molecule has 0 N–H and O–H groups in total. The van der Waals surface area contributed by atoms with Gasteiger partial charge in [0.15, 0.2) is 12.2 Å². The Balaban J connectivity index is 1.66. The molecular formula is C20H24ClN5O2. The van der Waals surface area contributed by atoms with Gasteiger partial charge < -0.3 is 9.80 Å². The fourth-order valence-corrected chi connectivity index (χ4v) is 4.22. The number of nitrogens with zero attached hydrogens (tertiary/aromatic N) is 5. The molecule has 0 spiro atoms. The number of benzene rings is 1. The molecule has 8 heteroatoms. The predicted molar refractivity (Wildman–Crippen MR) is 107 cm³/mol. The molecule has 7 nitrogen and oxygen atoms in total. The molecule has 1 saturated heterocycles. The Bertz CT molecular complexity index is 894. The van der Waals surface area contributed by atoms with Crippen LogP contribution in [0.4, 0.5) is 4.79 Å². The van der Waals surface area contributed by atoms with Crippen molar-refractivity contribution in [1.29, 1.82) is 0 Å². The standard InChI is InChI=1S/C20H24ClN5O2/c1-5-10-24-12(2)13(3)26-16-17(22-19(24)26)23(4)20(28)25(18(16)27)11-14-6-8-15(21)9-7-14/h6-9,16-17H,5,10-11H2,1-4H3. The molecule has 3 heterocycles. The Morgan fingerprint density at radius 1 is 1.07 bits per heavy atom. The van der Waals surface area contributed by atoms with Gasteiger partial charge in [-0.2, -0.15) is 0 Å². The molecule has 3 aliphatic heterocycles. The summed E-state index contributed by atoms with van der Waals surface area (Å²) in [5, 5.41) is 0.621. The summed E-state index contributed by atoms with van der Waals surface area (Å²) in [5.74, 6) is 0.556. The molecule has 0 saturated carbocycles. The monoisotopic (exact) mass is 401 g/mol. The van der Waals surface area contributed by atoms with Gasteiger partial charge >= 0.3 is 6.03 Å². The lowest BCUT2D eigenvalue weighted by atomic mass is 10.1. The van der Waals surface area contributed by atoms with E-state index in [1.54, 1.807) is 24.1 Å². The lowest BCUT2D eigenvalue weighted by Gasteiger charge is -2.40. The van der Waals surface area contributed by atoms with Crippen LogP contribution in [0.25, 0.3) is 0 Å². The minimum atomic E-state index is -0.526. The highest BCUT2D eigenvalue weighted by molar-refractivity contribution is 6.30. The van der Waals surface area contributed by atoms with Crippen LogP contribution in [-0.4, -0.2) is 63.3 Å². The van der Waals surface area contributed by atoms with E-state index in [2.05, 4.69) is 18.7 Å². The van der Waals surface area contributed by atoms with Crippen LogP contribution >= 0.6 is 11.6 Å². The number of halogens is 1. The number of fused-ring (bicyclic) bond motifs is 3. The molecule has 2 unspecified atom stereocenters. The first-order valence-corrected chi connectivity index (χ1v) is 9.87. The first-order valence-electron chi connectivity index (χ1n) is 9.49. The van der Waals surface area contributed by atoms with Gasteiger partial charge in [0.05, 0.1) is 6.54 Å². The SMILES string of the molecule is CCCN1C2=NC3C(C(=O)N(Cc4ccc(Cl)cc4)C(=O)N3C)N2C(C)=C1C. The predicted octanol–water partition coefficient (Wildman–Crippen LogP) is 3.08. The van der Waals surface area contributed by atoms with Crippen LogP contribution in [0, 0.1) is 0 Å². The summed E-state index contributed by atoms with van der Waals surface area (Å²) in [6.45, 7) is 7.22. The normalized spacial score (nSPS) is 24.2.